The first-order valence-electron chi connectivity index (χ1n) is 6.27. The van der Waals surface area contributed by atoms with Crippen molar-refractivity contribution in [3.05, 3.63) is 33.6 Å². The van der Waals surface area contributed by atoms with E-state index < -0.39 is 0 Å². The van der Waals surface area contributed by atoms with Crippen molar-refractivity contribution in [3.8, 4) is 0 Å². The number of nitrogens with one attached hydrogen (secondary N) is 1. The first-order valence-corrected chi connectivity index (χ1v) is 6.27. The van der Waals surface area contributed by atoms with E-state index in [1.165, 1.54) is 0 Å². The molecule has 98 valence electrons. The Hall–Kier alpha value is -1.51. The Balaban J connectivity index is 2.88. The average molecular weight is 247 g/mol. The minimum absolute atomic E-state index is 0.0118. The molecule has 2 aromatic rings. The second-order valence-corrected chi connectivity index (χ2v) is 6.93. The third kappa shape index (κ3) is 2.09. The largest absolute Gasteiger partial charge is 0.378 e. The molecule has 18 heavy (non-hydrogen) atoms. The van der Waals surface area contributed by atoms with Gasteiger partial charge in [-0.2, -0.15) is 5.16 Å². The van der Waals surface area contributed by atoms with Gasteiger partial charge in [-0.3, -0.25) is 4.79 Å². The highest BCUT2D eigenvalue weighted by molar-refractivity contribution is 5.81. The predicted molar refractivity (Wildman–Crippen MR) is 74.2 cm³/mol. The summed E-state index contributed by atoms with van der Waals surface area (Å²) in [5.74, 6) is 0. The number of hydrogen-bond acceptors (Lipinski definition) is 2. The Morgan fingerprint density at radius 2 is 1.61 bits per heavy atom. The molecule has 0 saturated carbocycles. The van der Waals surface area contributed by atoms with Crippen molar-refractivity contribution < 1.29 is 4.52 Å². The highest BCUT2D eigenvalue weighted by Gasteiger charge is 2.25. The van der Waals surface area contributed by atoms with Gasteiger partial charge in [0.05, 0.1) is 5.39 Å². The van der Waals surface area contributed by atoms with Gasteiger partial charge in [0.2, 0.25) is 0 Å². The van der Waals surface area contributed by atoms with Crippen LogP contribution in [0.4, 0.5) is 0 Å². The number of benzene rings is 1. The number of H-pyrrole nitrogens is 1. The summed E-state index contributed by atoms with van der Waals surface area (Å²) in [6.07, 6.45) is 0. The predicted octanol–water partition coefficient (Wildman–Crippen LogP) is 3.72. The van der Waals surface area contributed by atoms with Gasteiger partial charge >= 0.3 is 0 Å². The quantitative estimate of drug-likeness (QED) is 0.771. The lowest BCUT2D eigenvalue weighted by Crippen LogP contribution is -2.17. The fourth-order valence-corrected chi connectivity index (χ4v) is 2.05. The van der Waals surface area contributed by atoms with E-state index in [2.05, 4.69) is 52.8 Å². The van der Waals surface area contributed by atoms with Crippen molar-refractivity contribution in [2.24, 2.45) is 0 Å². The second kappa shape index (κ2) is 3.74. The van der Waals surface area contributed by atoms with Crippen molar-refractivity contribution in [3.63, 3.8) is 0 Å². The second-order valence-electron chi connectivity index (χ2n) is 6.93. The van der Waals surface area contributed by atoms with Crippen molar-refractivity contribution in [1.29, 1.82) is 0 Å². The molecule has 0 unspecified atom stereocenters. The zero-order valence-corrected chi connectivity index (χ0v) is 12.0. The third-order valence-electron chi connectivity index (χ3n) is 3.25. The number of hydrogen-bond donors (Lipinski definition) is 1. The maximum atomic E-state index is 11.8. The van der Waals surface area contributed by atoms with Gasteiger partial charge in [0.25, 0.3) is 5.56 Å². The molecule has 0 atom stereocenters. The standard InChI is InChI=1S/C15H21NO2/c1-14(2,3)9-7-10-12(18-16-13(10)17)11(8-9)15(4,5)6/h7-8H,1-6H3,(H,16,17). The molecule has 0 amide bonds. The van der Waals surface area contributed by atoms with Crippen LogP contribution in [0.1, 0.15) is 52.7 Å². The van der Waals surface area contributed by atoms with E-state index in [4.69, 9.17) is 4.52 Å². The monoisotopic (exact) mass is 247 g/mol. The average Bonchev–Trinajstić information content (AvgIpc) is 2.56. The molecule has 3 heteroatoms. The van der Waals surface area contributed by atoms with Gasteiger partial charge in [-0.05, 0) is 22.5 Å². The number of aromatic amines is 1. The van der Waals surface area contributed by atoms with Crippen LogP contribution in [0.2, 0.25) is 0 Å². The van der Waals surface area contributed by atoms with Crippen LogP contribution in [-0.2, 0) is 10.8 Å². The first-order chi connectivity index (χ1) is 8.10. The van der Waals surface area contributed by atoms with Crippen molar-refractivity contribution in [1.82, 2.24) is 5.16 Å². The molecule has 0 aliphatic carbocycles. The molecule has 1 aromatic carbocycles. The molecule has 2 rings (SSSR count). The molecule has 0 aliphatic heterocycles. The molecular weight excluding hydrogens is 226 g/mol. The van der Waals surface area contributed by atoms with Crippen LogP contribution in [0, 0.1) is 0 Å². The summed E-state index contributed by atoms with van der Waals surface area (Å²) in [7, 11) is 0. The van der Waals surface area contributed by atoms with Gasteiger partial charge in [-0.15, -0.1) is 0 Å². The van der Waals surface area contributed by atoms with Crippen LogP contribution in [0.25, 0.3) is 11.0 Å². The SMILES string of the molecule is CC(C)(C)c1cc(C(C)(C)C)c2o[nH]c(=O)c2c1. The molecule has 0 aliphatic rings. The minimum atomic E-state index is -0.151. The van der Waals surface area contributed by atoms with Crippen LogP contribution in [0.15, 0.2) is 21.5 Å². The zero-order valence-electron chi connectivity index (χ0n) is 12.0. The van der Waals surface area contributed by atoms with Crippen molar-refractivity contribution in [2.45, 2.75) is 52.4 Å². The molecule has 1 aromatic heterocycles. The fraction of sp³-hybridized carbons (Fsp3) is 0.533. The summed E-state index contributed by atoms with van der Waals surface area (Å²) in [6.45, 7) is 12.8. The minimum Gasteiger partial charge on any atom is -0.378 e. The van der Waals surface area contributed by atoms with Crippen LogP contribution >= 0.6 is 0 Å². The van der Waals surface area contributed by atoms with E-state index in [1.807, 2.05) is 6.07 Å². The lowest BCUT2D eigenvalue weighted by Gasteiger charge is -2.24. The molecule has 0 spiro atoms. The van der Waals surface area contributed by atoms with Gasteiger partial charge in [0.1, 0.15) is 0 Å². The van der Waals surface area contributed by atoms with E-state index >= 15 is 0 Å². The molecule has 0 saturated heterocycles. The Kier molecular flexibility index (Phi) is 2.69. The number of rotatable bonds is 0. The smallest absolute Gasteiger partial charge is 0.287 e. The molecule has 0 fully saturated rings. The summed E-state index contributed by atoms with van der Waals surface area (Å²) in [5.41, 5.74) is 2.72. The number of aromatic nitrogens is 1. The highest BCUT2D eigenvalue weighted by atomic mass is 16.5. The normalized spacial score (nSPS) is 13.2. The summed E-state index contributed by atoms with van der Waals surface area (Å²) in [5, 5.41) is 3.08. The van der Waals surface area contributed by atoms with E-state index in [9.17, 15) is 4.79 Å². The van der Waals surface area contributed by atoms with E-state index in [-0.39, 0.29) is 16.4 Å². The Morgan fingerprint density at radius 3 is 2.11 bits per heavy atom. The molecule has 3 nitrogen and oxygen atoms in total. The molecular formula is C15H21NO2. The first kappa shape index (κ1) is 12.9. The summed E-state index contributed by atoms with van der Waals surface area (Å²) in [4.78, 5) is 11.8. The fourth-order valence-electron chi connectivity index (χ4n) is 2.05. The summed E-state index contributed by atoms with van der Waals surface area (Å²) < 4.78 is 5.34. The highest BCUT2D eigenvalue weighted by Crippen LogP contribution is 2.33. The van der Waals surface area contributed by atoms with Crippen molar-refractivity contribution in [2.75, 3.05) is 0 Å². The van der Waals surface area contributed by atoms with Crippen LogP contribution in [0.5, 0.6) is 0 Å². The summed E-state index contributed by atoms with van der Waals surface area (Å²) >= 11 is 0. The van der Waals surface area contributed by atoms with Gasteiger partial charge in [-0.25, -0.2) is 0 Å². The van der Waals surface area contributed by atoms with E-state index in [0.717, 1.165) is 11.1 Å². The van der Waals surface area contributed by atoms with Crippen LogP contribution in [0.3, 0.4) is 0 Å². The third-order valence-corrected chi connectivity index (χ3v) is 3.25. The maximum Gasteiger partial charge on any atom is 0.287 e. The van der Waals surface area contributed by atoms with E-state index in [0.29, 0.717) is 11.0 Å². The van der Waals surface area contributed by atoms with Gasteiger partial charge in [-0.1, -0.05) is 47.6 Å². The van der Waals surface area contributed by atoms with Crippen molar-refractivity contribution >= 4 is 11.0 Å². The van der Waals surface area contributed by atoms with Crippen LogP contribution < -0.4 is 5.56 Å². The topological polar surface area (TPSA) is 46.0 Å². The maximum absolute atomic E-state index is 11.8. The molecule has 1 N–H and O–H groups in total. The zero-order chi connectivity index (χ0) is 13.7. The van der Waals surface area contributed by atoms with Gasteiger partial charge in [0, 0.05) is 5.56 Å². The Labute approximate surface area is 107 Å². The Bertz CT molecular complexity index is 633. The Morgan fingerprint density at radius 1 is 1.00 bits per heavy atom. The lowest BCUT2D eigenvalue weighted by molar-refractivity contribution is 0.439. The number of fused-ring (bicyclic) bond motifs is 1. The van der Waals surface area contributed by atoms with Gasteiger partial charge in [0.15, 0.2) is 5.58 Å². The molecule has 0 bridgehead atoms. The molecule has 0 radical (unpaired) electrons. The van der Waals surface area contributed by atoms with Crippen LogP contribution in [-0.4, -0.2) is 5.16 Å². The summed E-state index contributed by atoms with van der Waals surface area (Å²) in [6, 6.07) is 4.09. The van der Waals surface area contributed by atoms with Gasteiger partial charge < -0.3 is 4.52 Å². The molecule has 1 heterocycles. The lowest BCUT2D eigenvalue weighted by atomic mass is 9.80. The van der Waals surface area contributed by atoms with E-state index in [1.54, 1.807) is 0 Å².